The largest absolute Gasteiger partial charge is 0.480 e. The molecule has 1 atom stereocenters. The first-order chi connectivity index (χ1) is 7.97. The van der Waals surface area contributed by atoms with Gasteiger partial charge in [0.2, 0.25) is 0 Å². The van der Waals surface area contributed by atoms with E-state index >= 15 is 0 Å². The van der Waals surface area contributed by atoms with Crippen molar-refractivity contribution < 1.29 is 9.90 Å². The normalized spacial score (nSPS) is 19.6. The Kier molecular flexibility index (Phi) is 4.95. The maximum atomic E-state index is 11.6. The van der Waals surface area contributed by atoms with Crippen LogP contribution >= 0.6 is 0 Å². The number of carboxylic acids is 1. The Hall–Kier alpha value is -0.610. The highest BCUT2D eigenvalue weighted by molar-refractivity contribution is 5.80. The predicted molar refractivity (Wildman–Crippen MR) is 69.2 cm³/mol. The molecule has 1 unspecified atom stereocenters. The number of rotatable bonds is 8. The van der Waals surface area contributed by atoms with E-state index in [0.717, 1.165) is 25.8 Å². The second-order valence-corrected chi connectivity index (χ2v) is 5.37. The minimum atomic E-state index is -0.751. The minimum Gasteiger partial charge on any atom is -0.480 e. The zero-order chi connectivity index (χ0) is 13.1. The van der Waals surface area contributed by atoms with Crippen LogP contribution < -0.4 is 5.32 Å². The highest BCUT2D eigenvalue weighted by Crippen LogP contribution is 2.40. The molecule has 0 amide bonds. The van der Waals surface area contributed by atoms with Crippen molar-refractivity contribution in [2.45, 2.75) is 51.6 Å². The molecule has 1 saturated carbocycles. The van der Waals surface area contributed by atoms with Gasteiger partial charge < -0.3 is 10.4 Å². The molecule has 0 aromatic heterocycles. The Balaban J connectivity index is 2.79. The maximum absolute atomic E-state index is 11.6. The highest BCUT2D eigenvalue weighted by Gasteiger charge is 2.51. The summed E-state index contributed by atoms with van der Waals surface area (Å²) in [4.78, 5) is 13.9. The summed E-state index contributed by atoms with van der Waals surface area (Å²) in [5.74, 6) is -0.410. The first kappa shape index (κ1) is 14.5. The Morgan fingerprint density at radius 1 is 1.53 bits per heavy atom. The van der Waals surface area contributed by atoms with Crippen LogP contribution in [0.4, 0.5) is 0 Å². The lowest BCUT2D eigenvalue weighted by molar-refractivity contribution is -0.147. The Morgan fingerprint density at radius 3 is 2.41 bits per heavy atom. The van der Waals surface area contributed by atoms with Crippen LogP contribution in [0.2, 0.25) is 0 Å². The standard InChI is InChI=1S/C13H26N2O2/c1-5-8-15(10(2)3)9-13(14-4,12(16)17)11-6-7-11/h10-11,14H,5-9H2,1-4H3,(H,16,17). The van der Waals surface area contributed by atoms with Crippen LogP contribution in [0, 0.1) is 5.92 Å². The van der Waals surface area contributed by atoms with Crippen molar-refractivity contribution >= 4 is 5.97 Å². The van der Waals surface area contributed by atoms with Gasteiger partial charge in [0.15, 0.2) is 0 Å². The summed E-state index contributed by atoms with van der Waals surface area (Å²) >= 11 is 0. The molecule has 2 N–H and O–H groups in total. The monoisotopic (exact) mass is 242 g/mol. The van der Waals surface area contributed by atoms with E-state index < -0.39 is 11.5 Å². The van der Waals surface area contributed by atoms with Crippen molar-refractivity contribution in [1.29, 1.82) is 0 Å². The van der Waals surface area contributed by atoms with E-state index in [2.05, 4.69) is 31.0 Å². The van der Waals surface area contributed by atoms with E-state index in [1.54, 1.807) is 7.05 Å². The molecule has 0 aromatic rings. The predicted octanol–water partition coefficient (Wildman–Crippen LogP) is 1.56. The smallest absolute Gasteiger partial charge is 0.325 e. The van der Waals surface area contributed by atoms with Gasteiger partial charge in [0.25, 0.3) is 0 Å². The first-order valence-corrected chi connectivity index (χ1v) is 6.64. The van der Waals surface area contributed by atoms with Gasteiger partial charge in [0.1, 0.15) is 5.54 Å². The highest BCUT2D eigenvalue weighted by atomic mass is 16.4. The average molecular weight is 242 g/mol. The molecule has 0 aliphatic heterocycles. The average Bonchev–Trinajstić information content (AvgIpc) is 3.07. The Bertz CT molecular complexity index is 264. The van der Waals surface area contributed by atoms with E-state index in [9.17, 15) is 9.90 Å². The quantitative estimate of drug-likeness (QED) is 0.678. The summed E-state index contributed by atoms with van der Waals surface area (Å²) in [6, 6.07) is 0.390. The summed E-state index contributed by atoms with van der Waals surface area (Å²) in [5.41, 5.74) is -0.751. The van der Waals surface area contributed by atoms with Crippen molar-refractivity contribution in [1.82, 2.24) is 10.2 Å². The van der Waals surface area contributed by atoms with Gasteiger partial charge in [-0.15, -0.1) is 0 Å². The van der Waals surface area contributed by atoms with Crippen molar-refractivity contribution in [2.75, 3.05) is 20.1 Å². The van der Waals surface area contributed by atoms with Crippen molar-refractivity contribution in [3.63, 3.8) is 0 Å². The number of carbonyl (C=O) groups is 1. The Morgan fingerprint density at radius 2 is 2.12 bits per heavy atom. The van der Waals surface area contributed by atoms with Crippen molar-refractivity contribution in [2.24, 2.45) is 5.92 Å². The molecule has 0 aromatic carbocycles. The Labute approximate surface area is 104 Å². The second-order valence-electron chi connectivity index (χ2n) is 5.37. The third-order valence-corrected chi connectivity index (χ3v) is 3.80. The van der Waals surface area contributed by atoms with Crippen molar-refractivity contribution in [3.8, 4) is 0 Å². The van der Waals surface area contributed by atoms with Gasteiger partial charge in [0.05, 0.1) is 0 Å². The fourth-order valence-corrected chi connectivity index (χ4v) is 2.46. The van der Waals surface area contributed by atoms with E-state index in [4.69, 9.17) is 0 Å². The molecule has 1 aliphatic carbocycles. The maximum Gasteiger partial charge on any atom is 0.325 e. The lowest BCUT2D eigenvalue weighted by Gasteiger charge is -2.37. The van der Waals surface area contributed by atoms with Crippen molar-refractivity contribution in [3.05, 3.63) is 0 Å². The molecule has 0 bridgehead atoms. The van der Waals surface area contributed by atoms with Crippen LogP contribution in [0.5, 0.6) is 0 Å². The molecule has 0 radical (unpaired) electrons. The molecule has 17 heavy (non-hydrogen) atoms. The molecule has 0 saturated heterocycles. The number of likely N-dealkylation sites (N-methyl/N-ethyl adjacent to an activating group) is 1. The molecule has 1 aliphatic rings. The summed E-state index contributed by atoms with van der Waals surface area (Å²) in [6.07, 6.45) is 3.12. The van der Waals surface area contributed by atoms with Gasteiger partial charge >= 0.3 is 5.97 Å². The van der Waals surface area contributed by atoms with Crippen LogP contribution in [-0.2, 0) is 4.79 Å². The molecule has 4 heteroatoms. The lowest BCUT2D eigenvalue weighted by atomic mass is 9.92. The van der Waals surface area contributed by atoms with Gasteiger partial charge in [-0.3, -0.25) is 9.69 Å². The van der Waals surface area contributed by atoms with E-state index in [-0.39, 0.29) is 0 Å². The number of carboxylic acid groups (broad SMARTS) is 1. The SMILES string of the molecule is CCCN(CC(NC)(C(=O)O)C1CC1)C(C)C. The van der Waals surface area contributed by atoms with Crippen LogP contribution in [0.15, 0.2) is 0 Å². The molecule has 1 rings (SSSR count). The number of hydrogen-bond donors (Lipinski definition) is 2. The fourth-order valence-electron chi connectivity index (χ4n) is 2.46. The summed E-state index contributed by atoms with van der Waals surface area (Å²) in [5, 5.41) is 12.6. The van der Waals surface area contributed by atoms with E-state index in [1.807, 2.05) is 0 Å². The zero-order valence-corrected chi connectivity index (χ0v) is 11.5. The number of aliphatic carboxylic acids is 1. The minimum absolute atomic E-state index is 0.295. The second kappa shape index (κ2) is 5.83. The van der Waals surface area contributed by atoms with Crippen LogP contribution in [0.25, 0.3) is 0 Å². The molecule has 0 spiro atoms. The number of nitrogens with one attached hydrogen (secondary N) is 1. The van der Waals surface area contributed by atoms with E-state index in [1.165, 1.54) is 0 Å². The van der Waals surface area contributed by atoms with Gasteiger partial charge in [-0.2, -0.15) is 0 Å². The molecule has 1 fully saturated rings. The van der Waals surface area contributed by atoms with Crippen LogP contribution in [0.3, 0.4) is 0 Å². The number of hydrogen-bond acceptors (Lipinski definition) is 3. The zero-order valence-electron chi connectivity index (χ0n) is 11.5. The topological polar surface area (TPSA) is 52.6 Å². The number of nitrogens with zero attached hydrogens (tertiary/aromatic N) is 1. The third kappa shape index (κ3) is 3.19. The molecular formula is C13H26N2O2. The fraction of sp³-hybridized carbons (Fsp3) is 0.923. The van der Waals surface area contributed by atoms with E-state index in [0.29, 0.717) is 18.5 Å². The molecule has 0 heterocycles. The molecular weight excluding hydrogens is 216 g/mol. The van der Waals surface area contributed by atoms with Gasteiger partial charge in [-0.25, -0.2) is 0 Å². The summed E-state index contributed by atoms with van der Waals surface area (Å²) in [6.45, 7) is 7.96. The van der Waals surface area contributed by atoms with Gasteiger partial charge in [0, 0.05) is 12.6 Å². The lowest BCUT2D eigenvalue weighted by Crippen LogP contribution is -2.60. The summed E-state index contributed by atoms with van der Waals surface area (Å²) < 4.78 is 0. The molecule has 4 nitrogen and oxygen atoms in total. The summed E-state index contributed by atoms with van der Waals surface area (Å²) in [7, 11) is 1.77. The third-order valence-electron chi connectivity index (χ3n) is 3.80. The van der Waals surface area contributed by atoms with Crippen LogP contribution in [0.1, 0.15) is 40.0 Å². The van der Waals surface area contributed by atoms with Gasteiger partial charge in [-0.1, -0.05) is 6.92 Å². The molecule has 100 valence electrons. The van der Waals surface area contributed by atoms with Crippen LogP contribution in [-0.4, -0.2) is 47.7 Å². The first-order valence-electron chi connectivity index (χ1n) is 6.64. The van der Waals surface area contributed by atoms with Gasteiger partial charge in [-0.05, 0) is 52.6 Å².